The van der Waals surface area contributed by atoms with Crippen molar-refractivity contribution in [3.05, 3.63) is 77.4 Å². The Morgan fingerprint density at radius 3 is 2.02 bits per heavy atom. The zero-order valence-corrected chi connectivity index (χ0v) is 25.9. The van der Waals surface area contributed by atoms with E-state index < -0.39 is 23.3 Å². The van der Waals surface area contributed by atoms with Crippen molar-refractivity contribution in [2.24, 2.45) is 11.3 Å². The maximum absolute atomic E-state index is 15.2. The average Bonchev–Trinajstić information content (AvgIpc) is 3.06. The number of hydrogen-bond acceptors (Lipinski definition) is 3. The quantitative estimate of drug-likeness (QED) is 0.150. The van der Waals surface area contributed by atoms with E-state index in [-0.39, 0.29) is 35.0 Å². The van der Waals surface area contributed by atoms with Crippen LogP contribution in [0.25, 0.3) is 11.1 Å². The van der Waals surface area contributed by atoms with Gasteiger partial charge in [0.25, 0.3) is 0 Å². The lowest BCUT2D eigenvalue weighted by atomic mass is 9.60. The van der Waals surface area contributed by atoms with Crippen LogP contribution < -0.4 is 14.2 Å². The molecule has 0 spiro atoms. The van der Waals surface area contributed by atoms with Gasteiger partial charge in [-0.1, -0.05) is 50.8 Å². The van der Waals surface area contributed by atoms with Gasteiger partial charge in [-0.3, -0.25) is 0 Å². The lowest BCUT2D eigenvalue weighted by Gasteiger charge is -2.47. The Hall–Kier alpha value is -3.22. The molecule has 0 unspecified atom stereocenters. The molecule has 3 aromatic rings. The second-order valence-electron chi connectivity index (χ2n) is 12.4. The molecule has 0 atom stereocenters. The summed E-state index contributed by atoms with van der Waals surface area (Å²) < 4.78 is 76.3. The molecule has 0 radical (unpaired) electrons. The molecule has 0 aliphatic heterocycles. The molecule has 238 valence electrons. The Labute approximate surface area is 258 Å². The van der Waals surface area contributed by atoms with Gasteiger partial charge in [0.1, 0.15) is 5.75 Å². The van der Waals surface area contributed by atoms with Gasteiger partial charge in [0.15, 0.2) is 23.1 Å². The first-order valence-electron chi connectivity index (χ1n) is 16.3. The van der Waals surface area contributed by atoms with Gasteiger partial charge in [0.05, 0.1) is 19.8 Å². The van der Waals surface area contributed by atoms with Gasteiger partial charge in [-0.25, -0.2) is 8.78 Å². The van der Waals surface area contributed by atoms with Crippen LogP contribution in [0.2, 0.25) is 0 Å². The van der Waals surface area contributed by atoms with Crippen LogP contribution in [0.15, 0.2) is 48.5 Å². The summed E-state index contributed by atoms with van der Waals surface area (Å²) in [4.78, 5) is 0. The first kappa shape index (κ1) is 32.2. The van der Waals surface area contributed by atoms with Crippen LogP contribution in [-0.2, 0) is 0 Å². The number of unbranched alkanes of at least 4 members (excludes halogenated alkanes) is 1. The van der Waals surface area contributed by atoms with Gasteiger partial charge in [-0.05, 0) is 105 Å². The average molecular weight is 613 g/mol. The summed E-state index contributed by atoms with van der Waals surface area (Å²) in [6.07, 6.45) is 11.0. The topological polar surface area (TPSA) is 27.7 Å². The predicted molar refractivity (Wildman–Crippen MR) is 165 cm³/mol. The Kier molecular flexibility index (Phi) is 10.8. The number of halogens is 4. The van der Waals surface area contributed by atoms with Gasteiger partial charge >= 0.3 is 0 Å². The van der Waals surface area contributed by atoms with Crippen LogP contribution in [0, 0.1) is 34.6 Å². The number of rotatable bonds is 12. The molecule has 44 heavy (non-hydrogen) atoms. The van der Waals surface area contributed by atoms with E-state index in [0.717, 1.165) is 51.4 Å². The van der Waals surface area contributed by atoms with E-state index in [1.54, 1.807) is 43.3 Å². The third kappa shape index (κ3) is 7.02. The Bertz CT molecular complexity index is 1380. The lowest BCUT2D eigenvalue weighted by molar-refractivity contribution is 0.0112. The van der Waals surface area contributed by atoms with E-state index in [1.807, 2.05) is 6.92 Å². The summed E-state index contributed by atoms with van der Waals surface area (Å²) in [5.41, 5.74) is 1.11. The van der Waals surface area contributed by atoms with Gasteiger partial charge in [-0.2, -0.15) is 8.78 Å². The fourth-order valence-electron chi connectivity index (χ4n) is 7.17. The van der Waals surface area contributed by atoms with E-state index in [1.165, 1.54) is 31.4 Å². The van der Waals surface area contributed by atoms with Crippen molar-refractivity contribution in [2.75, 3.05) is 19.8 Å². The molecule has 7 heteroatoms. The molecule has 2 saturated carbocycles. The highest BCUT2D eigenvalue weighted by atomic mass is 19.2. The summed E-state index contributed by atoms with van der Waals surface area (Å²) in [5.74, 6) is -2.56. The number of ether oxygens (including phenoxy) is 3. The molecule has 0 bridgehead atoms. The van der Waals surface area contributed by atoms with Crippen LogP contribution in [0.3, 0.4) is 0 Å². The van der Waals surface area contributed by atoms with Crippen molar-refractivity contribution in [3.8, 4) is 28.4 Å². The van der Waals surface area contributed by atoms with Crippen molar-refractivity contribution < 1.29 is 31.8 Å². The monoisotopic (exact) mass is 612 g/mol. The van der Waals surface area contributed by atoms with Crippen molar-refractivity contribution in [2.45, 2.75) is 90.4 Å². The molecule has 3 aromatic carbocycles. The van der Waals surface area contributed by atoms with E-state index in [2.05, 4.69) is 0 Å². The third-order valence-electron chi connectivity index (χ3n) is 9.76. The molecule has 2 aliphatic rings. The minimum Gasteiger partial charge on any atom is -0.493 e. The summed E-state index contributed by atoms with van der Waals surface area (Å²) in [5, 5.41) is 0. The molecule has 0 amide bonds. The van der Waals surface area contributed by atoms with E-state index >= 15 is 4.39 Å². The van der Waals surface area contributed by atoms with Crippen LogP contribution in [0.1, 0.15) is 96.0 Å². The zero-order valence-electron chi connectivity index (χ0n) is 25.9. The molecule has 2 aliphatic carbocycles. The van der Waals surface area contributed by atoms with Gasteiger partial charge in [0, 0.05) is 11.0 Å². The normalized spacial score (nSPS) is 20.8. The summed E-state index contributed by atoms with van der Waals surface area (Å²) in [6.45, 7) is 4.91. The zero-order chi connectivity index (χ0) is 31.1. The second kappa shape index (κ2) is 14.7. The molecular formula is C37H44F4O3. The minimum absolute atomic E-state index is 0.0122. The fraction of sp³-hybridized carbons (Fsp3) is 0.514. The molecule has 3 nitrogen and oxygen atoms in total. The SMILES string of the molecule is CCCCOc1ccc([C@H]2CC[C@](COc3ccc(-c4ccc(OCC)c(F)c4F)cc3)(C3CCCCC3)CC2)c(F)c1F. The van der Waals surface area contributed by atoms with Crippen molar-refractivity contribution >= 4 is 0 Å². The maximum atomic E-state index is 15.2. The highest BCUT2D eigenvalue weighted by Crippen LogP contribution is 2.52. The molecule has 0 N–H and O–H groups in total. The molecule has 0 saturated heterocycles. The maximum Gasteiger partial charge on any atom is 0.201 e. The lowest BCUT2D eigenvalue weighted by Crippen LogP contribution is -2.41. The predicted octanol–water partition coefficient (Wildman–Crippen LogP) is 10.8. The van der Waals surface area contributed by atoms with Crippen molar-refractivity contribution in [3.63, 3.8) is 0 Å². The summed E-state index contributed by atoms with van der Waals surface area (Å²) >= 11 is 0. The highest BCUT2D eigenvalue weighted by Gasteiger charge is 2.43. The van der Waals surface area contributed by atoms with Gasteiger partial charge < -0.3 is 14.2 Å². The van der Waals surface area contributed by atoms with Crippen molar-refractivity contribution in [1.29, 1.82) is 0 Å². The van der Waals surface area contributed by atoms with Crippen LogP contribution in [0.4, 0.5) is 17.6 Å². The highest BCUT2D eigenvalue weighted by molar-refractivity contribution is 5.66. The van der Waals surface area contributed by atoms with Crippen LogP contribution in [-0.4, -0.2) is 19.8 Å². The fourth-order valence-corrected chi connectivity index (χ4v) is 7.17. The Morgan fingerprint density at radius 1 is 0.682 bits per heavy atom. The Morgan fingerprint density at radius 2 is 1.34 bits per heavy atom. The summed E-state index contributed by atoms with van der Waals surface area (Å²) in [7, 11) is 0. The smallest absolute Gasteiger partial charge is 0.201 e. The van der Waals surface area contributed by atoms with Gasteiger partial charge in [-0.15, -0.1) is 0 Å². The second-order valence-corrected chi connectivity index (χ2v) is 12.4. The van der Waals surface area contributed by atoms with Crippen LogP contribution in [0.5, 0.6) is 17.2 Å². The molecule has 0 heterocycles. The van der Waals surface area contributed by atoms with Crippen molar-refractivity contribution in [1.82, 2.24) is 0 Å². The first-order chi connectivity index (χ1) is 21.4. The number of benzene rings is 3. The summed E-state index contributed by atoms with van der Waals surface area (Å²) in [6, 6.07) is 13.3. The van der Waals surface area contributed by atoms with E-state index in [9.17, 15) is 13.2 Å². The van der Waals surface area contributed by atoms with Crippen LogP contribution >= 0.6 is 0 Å². The molecule has 2 fully saturated rings. The number of hydrogen-bond donors (Lipinski definition) is 0. The minimum atomic E-state index is -0.992. The molecule has 5 rings (SSSR count). The van der Waals surface area contributed by atoms with E-state index in [4.69, 9.17) is 14.2 Å². The van der Waals surface area contributed by atoms with E-state index in [0.29, 0.717) is 36.0 Å². The Balaban J connectivity index is 1.27. The molecular weight excluding hydrogens is 568 g/mol. The standard InChI is InChI=1S/C37H44F4O3/c1-3-5-23-43-32-18-16-30(34(39)36(32)41)26-19-21-37(22-20-26,27-9-7-6-8-10-27)24-44-28-13-11-25(12-14-28)29-15-17-31(42-4-2)35(40)33(29)38/h11-18,26-27H,3-10,19-24H2,1-2H3/t26-,37-. The third-order valence-corrected chi connectivity index (χ3v) is 9.76. The molecule has 0 aromatic heterocycles. The first-order valence-corrected chi connectivity index (χ1v) is 16.3. The van der Waals surface area contributed by atoms with Gasteiger partial charge in [0.2, 0.25) is 11.6 Å². The largest absolute Gasteiger partial charge is 0.493 e.